The van der Waals surface area contributed by atoms with Gasteiger partial charge in [-0.3, -0.25) is 4.79 Å². The van der Waals surface area contributed by atoms with Crippen LogP contribution in [0.4, 0.5) is 5.69 Å². The van der Waals surface area contributed by atoms with E-state index in [1.54, 1.807) is 45.0 Å². The molecule has 0 saturated heterocycles. The minimum Gasteiger partial charge on any atom is -0.481 e. The lowest BCUT2D eigenvalue weighted by Crippen LogP contribution is -2.31. The number of ether oxygens (including phenoxy) is 1. The molecule has 1 atom stereocenters. The van der Waals surface area contributed by atoms with Crippen molar-refractivity contribution in [1.29, 1.82) is 0 Å². The molecule has 2 aromatic rings. The van der Waals surface area contributed by atoms with Crippen molar-refractivity contribution in [3.8, 4) is 5.75 Å². The van der Waals surface area contributed by atoms with Crippen LogP contribution < -0.4 is 14.8 Å². The molecule has 2 aromatic carbocycles. The predicted molar refractivity (Wildman–Crippen MR) is 97.1 cm³/mol. The van der Waals surface area contributed by atoms with Crippen LogP contribution >= 0.6 is 0 Å². The summed E-state index contributed by atoms with van der Waals surface area (Å²) in [6.07, 6.45) is -0.687. The minimum atomic E-state index is -3.55. The molecule has 0 saturated carbocycles. The van der Waals surface area contributed by atoms with Crippen LogP contribution in [0, 0.1) is 0 Å². The summed E-state index contributed by atoms with van der Waals surface area (Å²) in [6.45, 7) is 5.15. The van der Waals surface area contributed by atoms with Gasteiger partial charge in [-0.2, -0.15) is 0 Å². The zero-order chi connectivity index (χ0) is 18.4. The monoisotopic (exact) mass is 362 g/mol. The summed E-state index contributed by atoms with van der Waals surface area (Å²) in [4.78, 5) is 12.3. The molecule has 0 bridgehead atoms. The van der Waals surface area contributed by atoms with Gasteiger partial charge in [0.15, 0.2) is 6.10 Å². The molecule has 0 heterocycles. The Hall–Kier alpha value is -2.38. The zero-order valence-electron chi connectivity index (χ0n) is 14.4. The van der Waals surface area contributed by atoms with Gasteiger partial charge < -0.3 is 10.1 Å². The third kappa shape index (κ3) is 5.58. The summed E-state index contributed by atoms with van der Waals surface area (Å²) in [5, 5.41) is 2.70. The van der Waals surface area contributed by atoms with E-state index in [-0.39, 0.29) is 16.8 Å². The van der Waals surface area contributed by atoms with E-state index >= 15 is 0 Å². The van der Waals surface area contributed by atoms with Gasteiger partial charge in [-0.25, -0.2) is 13.1 Å². The minimum absolute atomic E-state index is 0.146. The molecule has 0 spiro atoms. The first-order valence-electron chi connectivity index (χ1n) is 7.93. The van der Waals surface area contributed by atoms with Gasteiger partial charge in [0, 0.05) is 11.7 Å². The van der Waals surface area contributed by atoms with Crippen molar-refractivity contribution >= 4 is 21.6 Å². The molecule has 2 N–H and O–H groups in total. The summed E-state index contributed by atoms with van der Waals surface area (Å²) in [5.74, 6) is 0.283. The van der Waals surface area contributed by atoms with Gasteiger partial charge >= 0.3 is 0 Å². The molecule has 0 aliphatic heterocycles. The van der Waals surface area contributed by atoms with Crippen LogP contribution in [0.3, 0.4) is 0 Å². The first-order valence-corrected chi connectivity index (χ1v) is 9.41. The van der Waals surface area contributed by atoms with Gasteiger partial charge in [0.1, 0.15) is 5.75 Å². The topological polar surface area (TPSA) is 84.5 Å². The molecule has 6 nitrogen and oxygen atoms in total. The second-order valence-electron chi connectivity index (χ2n) is 5.86. The van der Waals surface area contributed by atoms with E-state index in [4.69, 9.17) is 4.74 Å². The predicted octanol–water partition coefficient (Wildman–Crippen LogP) is 2.78. The number of hydrogen-bond acceptors (Lipinski definition) is 4. The highest BCUT2D eigenvalue weighted by Crippen LogP contribution is 2.16. The van der Waals surface area contributed by atoms with Crippen LogP contribution in [0.25, 0.3) is 0 Å². The number of amides is 1. The molecule has 0 aliphatic carbocycles. The van der Waals surface area contributed by atoms with E-state index in [1.807, 2.05) is 18.2 Å². The van der Waals surface area contributed by atoms with Crippen LogP contribution in [0.2, 0.25) is 0 Å². The molecule has 134 valence electrons. The molecular weight excluding hydrogens is 340 g/mol. The number of anilines is 1. The standard InChI is InChI=1S/C18H22N2O4S/c1-13(2)20-25(22,23)17-11-9-15(10-12-17)19-18(21)14(3)24-16-7-5-4-6-8-16/h4-14,20H,1-3H3,(H,19,21)/t14-/m1/s1. The van der Waals surface area contributed by atoms with E-state index < -0.39 is 16.1 Å². The van der Waals surface area contributed by atoms with Crippen LogP contribution in [-0.2, 0) is 14.8 Å². The van der Waals surface area contributed by atoms with Crippen LogP contribution in [-0.4, -0.2) is 26.5 Å². The third-order valence-electron chi connectivity index (χ3n) is 3.25. The summed E-state index contributed by atoms with van der Waals surface area (Å²) in [7, 11) is -3.55. The van der Waals surface area contributed by atoms with E-state index in [1.165, 1.54) is 12.1 Å². The molecule has 7 heteroatoms. The second-order valence-corrected chi connectivity index (χ2v) is 7.58. The number of benzene rings is 2. The average molecular weight is 362 g/mol. The summed E-state index contributed by atoms with van der Waals surface area (Å²) in [6, 6.07) is 14.8. The Labute approximate surface area is 148 Å². The number of para-hydroxylation sites is 1. The molecule has 0 aliphatic rings. The molecule has 2 rings (SSSR count). The average Bonchev–Trinajstić information content (AvgIpc) is 2.55. The number of carbonyl (C=O) groups is 1. The Morgan fingerprint density at radius 2 is 1.56 bits per heavy atom. The fraction of sp³-hybridized carbons (Fsp3) is 0.278. The second kappa shape index (κ2) is 8.13. The van der Waals surface area contributed by atoms with Crippen molar-refractivity contribution in [2.24, 2.45) is 0 Å². The summed E-state index contributed by atoms with van der Waals surface area (Å²) >= 11 is 0. The SMILES string of the molecule is CC(C)NS(=O)(=O)c1ccc(NC(=O)[C@@H](C)Oc2ccccc2)cc1. The molecule has 0 unspecified atom stereocenters. The van der Waals surface area contributed by atoms with Crippen molar-refractivity contribution in [1.82, 2.24) is 4.72 Å². The van der Waals surface area contributed by atoms with E-state index in [0.29, 0.717) is 11.4 Å². The smallest absolute Gasteiger partial charge is 0.265 e. The van der Waals surface area contributed by atoms with Gasteiger partial charge in [0.05, 0.1) is 4.90 Å². The van der Waals surface area contributed by atoms with Crippen molar-refractivity contribution in [2.45, 2.75) is 37.8 Å². The Balaban J connectivity index is 1.99. The quantitative estimate of drug-likeness (QED) is 0.793. The zero-order valence-corrected chi connectivity index (χ0v) is 15.2. The number of sulfonamides is 1. The number of rotatable bonds is 7. The van der Waals surface area contributed by atoms with Gasteiger partial charge in [0.25, 0.3) is 5.91 Å². The Kier molecular flexibility index (Phi) is 6.17. The lowest BCUT2D eigenvalue weighted by molar-refractivity contribution is -0.122. The van der Waals surface area contributed by atoms with Crippen molar-refractivity contribution in [3.05, 3.63) is 54.6 Å². The number of hydrogen-bond donors (Lipinski definition) is 2. The summed E-state index contributed by atoms with van der Waals surface area (Å²) in [5.41, 5.74) is 0.497. The van der Waals surface area contributed by atoms with Crippen molar-refractivity contribution in [3.63, 3.8) is 0 Å². The Morgan fingerprint density at radius 1 is 0.960 bits per heavy atom. The number of nitrogens with one attached hydrogen (secondary N) is 2. The fourth-order valence-corrected chi connectivity index (χ4v) is 3.35. The first-order chi connectivity index (χ1) is 11.8. The van der Waals surface area contributed by atoms with Gasteiger partial charge in [-0.15, -0.1) is 0 Å². The molecule has 25 heavy (non-hydrogen) atoms. The van der Waals surface area contributed by atoms with Gasteiger partial charge in [-0.1, -0.05) is 18.2 Å². The van der Waals surface area contributed by atoms with Gasteiger partial charge in [0.2, 0.25) is 10.0 Å². The van der Waals surface area contributed by atoms with Crippen LogP contribution in [0.15, 0.2) is 59.5 Å². The maximum Gasteiger partial charge on any atom is 0.265 e. The highest BCUT2D eigenvalue weighted by atomic mass is 32.2. The fourth-order valence-electron chi connectivity index (χ4n) is 2.10. The van der Waals surface area contributed by atoms with Crippen molar-refractivity contribution in [2.75, 3.05) is 5.32 Å². The largest absolute Gasteiger partial charge is 0.481 e. The lowest BCUT2D eigenvalue weighted by atomic mass is 10.3. The highest BCUT2D eigenvalue weighted by molar-refractivity contribution is 7.89. The molecule has 0 radical (unpaired) electrons. The van der Waals surface area contributed by atoms with Crippen molar-refractivity contribution < 1.29 is 17.9 Å². The van der Waals surface area contributed by atoms with E-state index in [2.05, 4.69) is 10.0 Å². The molecule has 0 aromatic heterocycles. The third-order valence-corrected chi connectivity index (χ3v) is 4.92. The maximum atomic E-state index is 12.2. The molecular formula is C18H22N2O4S. The number of carbonyl (C=O) groups excluding carboxylic acids is 1. The Morgan fingerprint density at radius 3 is 2.12 bits per heavy atom. The van der Waals surface area contributed by atoms with E-state index in [9.17, 15) is 13.2 Å². The highest BCUT2D eigenvalue weighted by Gasteiger charge is 2.17. The molecule has 1 amide bonds. The summed E-state index contributed by atoms with van der Waals surface area (Å²) < 4.78 is 32.2. The Bertz CT molecular complexity index is 803. The lowest BCUT2D eigenvalue weighted by Gasteiger charge is -2.15. The van der Waals surface area contributed by atoms with Gasteiger partial charge in [-0.05, 0) is 57.2 Å². The first kappa shape index (κ1) is 19.0. The molecule has 0 fully saturated rings. The van der Waals surface area contributed by atoms with Crippen LogP contribution in [0.1, 0.15) is 20.8 Å². The van der Waals surface area contributed by atoms with E-state index in [0.717, 1.165) is 0 Å². The van der Waals surface area contributed by atoms with Crippen LogP contribution in [0.5, 0.6) is 5.75 Å². The normalized spacial score (nSPS) is 12.6. The maximum absolute atomic E-state index is 12.2.